The van der Waals surface area contributed by atoms with Crippen molar-refractivity contribution in [2.75, 3.05) is 37.7 Å². The number of anilines is 1. The second-order valence-corrected chi connectivity index (χ2v) is 9.85. The number of thiophene rings is 1. The lowest BCUT2D eigenvalue weighted by atomic mass is 10.1. The number of aryl methyl sites for hydroxylation is 1. The van der Waals surface area contributed by atoms with Gasteiger partial charge in [0.1, 0.15) is 0 Å². The van der Waals surface area contributed by atoms with Gasteiger partial charge in [-0.15, -0.1) is 11.3 Å². The predicted molar refractivity (Wildman–Crippen MR) is 118 cm³/mol. The standard InChI is InChI=1S/C21H22BrN3O4S/c1-13-10-15(2-3-16(13)21(28)24-6-8-29-9-7-24)25-12-14(11-19(25)26)23-20(27)17-4-5-18(22)30-17/h2-5,10,14H,6-9,11-12H2,1H3,(H,23,27). The lowest BCUT2D eigenvalue weighted by molar-refractivity contribution is -0.117. The molecule has 4 rings (SSSR count). The van der Waals surface area contributed by atoms with Crippen molar-refractivity contribution in [3.05, 3.63) is 50.1 Å². The molecule has 2 aliphatic rings. The fraction of sp³-hybridized carbons (Fsp3) is 0.381. The van der Waals surface area contributed by atoms with E-state index in [1.54, 1.807) is 28.0 Å². The molecule has 0 radical (unpaired) electrons. The number of nitrogens with one attached hydrogen (secondary N) is 1. The summed E-state index contributed by atoms with van der Waals surface area (Å²) in [4.78, 5) is 41.8. The number of carbonyl (C=O) groups is 3. The number of hydrogen-bond acceptors (Lipinski definition) is 5. The van der Waals surface area contributed by atoms with Crippen LogP contribution in [-0.4, -0.2) is 61.5 Å². The van der Waals surface area contributed by atoms with E-state index in [0.717, 1.165) is 15.0 Å². The molecule has 7 nitrogen and oxygen atoms in total. The average Bonchev–Trinajstić information content (AvgIpc) is 3.33. The zero-order chi connectivity index (χ0) is 21.3. The highest BCUT2D eigenvalue weighted by Gasteiger charge is 2.32. The highest BCUT2D eigenvalue weighted by Crippen LogP contribution is 2.26. The van der Waals surface area contributed by atoms with Crippen LogP contribution in [0.2, 0.25) is 0 Å². The molecule has 1 aromatic carbocycles. The molecule has 3 amide bonds. The predicted octanol–water partition coefficient (Wildman–Crippen LogP) is 2.83. The van der Waals surface area contributed by atoms with Crippen LogP contribution in [0.4, 0.5) is 5.69 Å². The van der Waals surface area contributed by atoms with Crippen LogP contribution in [0.5, 0.6) is 0 Å². The number of rotatable bonds is 4. The van der Waals surface area contributed by atoms with Crippen molar-refractivity contribution in [3.8, 4) is 0 Å². The van der Waals surface area contributed by atoms with E-state index in [0.29, 0.717) is 43.3 Å². The third-order valence-electron chi connectivity index (χ3n) is 5.31. The highest BCUT2D eigenvalue weighted by atomic mass is 79.9. The molecular formula is C21H22BrN3O4S. The highest BCUT2D eigenvalue weighted by molar-refractivity contribution is 9.11. The van der Waals surface area contributed by atoms with Crippen LogP contribution in [0, 0.1) is 6.92 Å². The number of benzene rings is 1. The maximum absolute atomic E-state index is 12.8. The van der Waals surface area contributed by atoms with Gasteiger partial charge >= 0.3 is 0 Å². The van der Waals surface area contributed by atoms with Crippen LogP contribution in [0.1, 0.15) is 32.0 Å². The molecule has 2 aliphatic heterocycles. The molecule has 0 spiro atoms. The van der Waals surface area contributed by atoms with Crippen molar-refractivity contribution < 1.29 is 19.1 Å². The van der Waals surface area contributed by atoms with Crippen molar-refractivity contribution in [1.29, 1.82) is 0 Å². The number of carbonyl (C=O) groups excluding carboxylic acids is 3. The van der Waals surface area contributed by atoms with Crippen molar-refractivity contribution in [2.45, 2.75) is 19.4 Å². The van der Waals surface area contributed by atoms with Crippen molar-refractivity contribution in [1.82, 2.24) is 10.2 Å². The van der Waals surface area contributed by atoms with Gasteiger partial charge in [-0.2, -0.15) is 0 Å². The van der Waals surface area contributed by atoms with Gasteiger partial charge in [0.05, 0.1) is 27.9 Å². The lowest BCUT2D eigenvalue weighted by Gasteiger charge is -2.27. The number of ether oxygens (including phenoxy) is 1. The summed E-state index contributed by atoms with van der Waals surface area (Å²) in [7, 11) is 0. The molecule has 2 fully saturated rings. The van der Waals surface area contributed by atoms with E-state index in [2.05, 4.69) is 21.2 Å². The summed E-state index contributed by atoms with van der Waals surface area (Å²) in [6.45, 7) is 4.58. The SMILES string of the molecule is Cc1cc(N2CC(NC(=O)c3ccc(Br)s3)CC2=O)ccc1C(=O)N1CCOCC1. The quantitative estimate of drug-likeness (QED) is 0.712. The van der Waals surface area contributed by atoms with Crippen LogP contribution < -0.4 is 10.2 Å². The first-order chi connectivity index (χ1) is 14.4. The van der Waals surface area contributed by atoms with E-state index < -0.39 is 0 Å². The van der Waals surface area contributed by atoms with Gasteiger partial charge in [0.2, 0.25) is 5.91 Å². The number of morpholine rings is 1. The molecule has 9 heteroatoms. The minimum atomic E-state index is -0.249. The zero-order valence-corrected chi connectivity index (χ0v) is 18.9. The molecule has 1 N–H and O–H groups in total. The normalized spacial score (nSPS) is 19.3. The molecule has 0 bridgehead atoms. The van der Waals surface area contributed by atoms with Crippen LogP contribution in [0.25, 0.3) is 0 Å². The number of halogens is 1. The van der Waals surface area contributed by atoms with Crippen molar-refractivity contribution >= 4 is 50.7 Å². The Morgan fingerprint density at radius 1 is 1.20 bits per heavy atom. The smallest absolute Gasteiger partial charge is 0.261 e. The second-order valence-electron chi connectivity index (χ2n) is 7.39. The van der Waals surface area contributed by atoms with Crippen LogP contribution in [0.3, 0.4) is 0 Å². The van der Waals surface area contributed by atoms with E-state index in [4.69, 9.17) is 4.74 Å². The number of amides is 3. The van der Waals surface area contributed by atoms with Gasteiger partial charge in [0.15, 0.2) is 0 Å². The molecule has 2 saturated heterocycles. The van der Waals surface area contributed by atoms with Crippen molar-refractivity contribution in [2.24, 2.45) is 0 Å². The first-order valence-corrected chi connectivity index (χ1v) is 11.4. The monoisotopic (exact) mass is 491 g/mol. The summed E-state index contributed by atoms with van der Waals surface area (Å²) in [6.07, 6.45) is 0.256. The topological polar surface area (TPSA) is 79.0 Å². The van der Waals surface area contributed by atoms with Crippen LogP contribution in [-0.2, 0) is 9.53 Å². The average molecular weight is 492 g/mol. The molecule has 1 aromatic heterocycles. The van der Waals surface area contributed by atoms with Crippen molar-refractivity contribution in [3.63, 3.8) is 0 Å². The second kappa shape index (κ2) is 8.87. The third kappa shape index (κ3) is 4.43. The van der Waals surface area contributed by atoms with Gasteiger partial charge in [-0.3, -0.25) is 14.4 Å². The molecule has 0 aliphatic carbocycles. The number of nitrogens with zero attached hydrogens (tertiary/aromatic N) is 2. The van der Waals surface area contributed by atoms with Crippen LogP contribution in [0.15, 0.2) is 34.1 Å². The maximum Gasteiger partial charge on any atom is 0.261 e. The first-order valence-electron chi connectivity index (χ1n) is 9.76. The molecule has 158 valence electrons. The maximum atomic E-state index is 12.8. The van der Waals surface area contributed by atoms with E-state index in [-0.39, 0.29) is 30.2 Å². The summed E-state index contributed by atoms with van der Waals surface area (Å²) in [5.74, 6) is -0.227. The first kappa shape index (κ1) is 21.0. The Kier molecular flexibility index (Phi) is 6.21. The van der Waals surface area contributed by atoms with E-state index >= 15 is 0 Å². The fourth-order valence-corrected chi connectivity index (χ4v) is 5.03. The van der Waals surface area contributed by atoms with Gasteiger partial charge in [-0.25, -0.2) is 0 Å². The number of hydrogen-bond donors (Lipinski definition) is 1. The van der Waals surface area contributed by atoms with Gasteiger partial charge < -0.3 is 19.9 Å². The van der Waals surface area contributed by atoms with Gasteiger partial charge in [0.25, 0.3) is 11.8 Å². The Hall–Kier alpha value is -2.23. The largest absolute Gasteiger partial charge is 0.378 e. The van der Waals surface area contributed by atoms with E-state index in [1.807, 2.05) is 19.1 Å². The fourth-order valence-electron chi connectivity index (χ4n) is 3.74. The van der Waals surface area contributed by atoms with Gasteiger partial charge in [0, 0.05) is 37.3 Å². The Morgan fingerprint density at radius 2 is 1.97 bits per heavy atom. The molecule has 1 unspecified atom stereocenters. The summed E-state index contributed by atoms with van der Waals surface area (Å²) in [5, 5.41) is 2.94. The molecule has 2 aromatic rings. The minimum absolute atomic E-state index is 0.0117. The van der Waals surface area contributed by atoms with E-state index in [1.165, 1.54) is 11.3 Å². The molecule has 0 saturated carbocycles. The molecular weight excluding hydrogens is 470 g/mol. The minimum Gasteiger partial charge on any atom is -0.378 e. The summed E-state index contributed by atoms with van der Waals surface area (Å²) >= 11 is 4.71. The summed E-state index contributed by atoms with van der Waals surface area (Å²) < 4.78 is 6.20. The summed E-state index contributed by atoms with van der Waals surface area (Å²) in [6, 6.07) is 8.79. The van der Waals surface area contributed by atoms with Gasteiger partial charge in [-0.05, 0) is 58.7 Å². The molecule has 3 heterocycles. The molecule has 1 atom stereocenters. The zero-order valence-electron chi connectivity index (χ0n) is 16.5. The Bertz CT molecular complexity index is 986. The molecule has 30 heavy (non-hydrogen) atoms. The van der Waals surface area contributed by atoms with E-state index in [9.17, 15) is 14.4 Å². The lowest BCUT2D eigenvalue weighted by Crippen LogP contribution is -2.41. The van der Waals surface area contributed by atoms with Crippen LogP contribution >= 0.6 is 27.3 Å². The Labute approximate surface area is 187 Å². The van der Waals surface area contributed by atoms with Gasteiger partial charge in [-0.1, -0.05) is 0 Å². The summed E-state index contributed by atoms with van der Waals surface area (Å²) in [5.41, 5.74) is 2.21. The third-order valence-corrected chi connectivity index (χ3v) is 6.93. The Morgan fingerprint density at radius 3 is 2.63 bits per heavy atom. The Balaban J connectivity index is 1.43.